The Labute approximate surface area is 89.7 Å². The fourth-order valence-corrected chi connectivity index (χ4v) is 2.98. The molecular formula is C11H18N2S. The Kier molecular flexibility index (Phi) is 3.43. The molecule has 0 spiro atoms. The molecule has 1 fully saturated rings. The quantitative estimate of drug-likeness (QED) is 0.826. The third kappa shape index (κ3) is 2.28. The zero-order valence-corrected chi connectivity index (χ0v) is 9.35. The maximum Gasteiger partial charge on any atom is 0.0911 e. The van der Waals surface area contributed by atoms with Crippen LogP contribution in [-0.2, 0) is 6.42 Å². The number of hydrogen-bond donors (Lipinski definition) is 1. The minimum Gasteiger partial charge on any atom is -0.363 e. The van der Waals surface area contributed by atoms with E-state index in [9.17, 15) is 0 Å². The van der Waals surface area contributed by atoms with Gasteiger partial charge in [-0.25, -0.2) is 0 Å². The molecule has 2 heterocycles. The Morgan fingerprint density at radius 2 is 2.07 bits per heavy atom. The topological polar surface area (TPSA) is 29.3 Å². The molecule has 2 N–H and O–H groups in total. The molecule has 1 saturated heterocycles. The molecule has 1 aliphatic rings. The summed E-state index contributed by atoms with van der Waals surface area (Å²) in [7, 11) is 0. The molecule has 2 rings (SSSR count). The van der Waals surface area contributed by atoms with E-state index in [-0.39, 0.29) is 0 Å². The van der Waals surface area contributed by atoms with Crippen LogP contribution in [0.5, 0.6) is 0 Å². The molecule has 0 radical (unpaired) electrons. The molecule has 0 aliphatic carbocycles. The van der Waals surface area contributed by atoms with Crippen molar-refractivity contribution >= 4 is 16.3 Å². The molecule has 3 heteroatoms. The highest BCUT2D eigenvalue weighted by Crippen LogP contribution is 2.29. The highest BCUT2D eigenvalue weighted by molar-refractivity contribution is 7.16. The van der Waals surface area contributed by atoms with Crippen LogP contribution in [-0.4, -0.2) is 19.6 Å². The molecule has 14 heavy (non-hydrogen) atoms. The van der Waals surface area contributed by atoms with Crippen LogP contribution in [0, 0.1) is 0 Å². The van der Waals surface area contributed by atoms with E-state index in [0.717, 1.165) is 19.4 Å². The fourth-order valence-electron chi connectivity index (χ4n) is 1.88. The minimum atomic E-state index is 0.803. The Bertz CT molecular complexity index is 277. The highest BCUT2D eigenvalue weighted by atomic mass is 32.1. The summed E-state index contributed by atoms with van der Waals surface area (Å²) in [6, 6.07) is 4.52. The summed E-state index contributed by atoms with van der Waals surface area (Å²) in [5.74, 6) is 0. The lowest BCUT2D eigenvalue weighted by Gasteiger charge is -2.13. The molecule has 2 nitrogen and oxygen atoms in total. The molecule has 0 atom stereocenters. The van der Waals surface area contributed by atoms with Gasteiger partial charge in [0.2, 0.25) is 0 Å². The predicted octanol–water partition coefficient (Wildman–Crippen LogP) is 2.24. The number of nitrogens with two attached hydrogens (primary N) is 1. The van der Waals surface area contributed by atoms with Crippen molar-refractivity contribution < 1.29 is 0 Å². The van der Waals surface area contributed by atoms with Gasteiger partial charge in [-0.3, -0.25) is 0 Å². The average Bonchev–Trinajstić information content (AvgIpc) is 2.85. The van der Waals surface area contributed by atoms with E-state index in [4.69, 9.17) is 5.73 Å². The van der Waals surface area contributed by atoms with Crippen LogP contribution in [0.4, 0.5) is 5.00 Å². The Hall–Kier alpha value is -0.540. The third-order valence-corrected chi connectivity index (χ3v) is 3.90. The lowest BCUT2D eigenvalue weighted by atomic mass is 10.3. The Balaban J connectivity index is 1.94. The van der Waals surface area contributed by atoms with Crippen molar-refractivity contribution in [3.8, 4) is 0 Å². The SMILES string of the molecule is NCCCc1ccc(N2CCCC2)s1. The summed E-state index contributed by atoms with van der Waals surface area (Å²) < 4.78 is 0. The molecule has 1 aromatic heterocycles. The zero-order chi connectivity index (χ0) is 9.80. The van der Waals surface area contributed by atoms with Crippen molar-refractivity contribution in [1.82, 2.24) is 0 Å². The van der Waals surface area contributed by atoms with Gasteiger partial charge in [-0.05, 0) is 44.4 Å². The second-order valence-electron chi connectivity index (χ2n) is 3.83. The van der Waals surface area contributed by atoms with Crippen molar-refractivity contribution in [2.45, 2.75) is 25.7 Å². The summed E-state index contributed by atoms with van der Waals surface area (Å²) in [6.45, 7) is 3.30. The smallest absolute Gasteiger partial charge is 0.0911 e. The summed E-state index contributed by atoms with van der Waals surface area (Å²) in [5, 5.41) is 1.45. The van der Waals surface area contributed by atoms with Gasteiger partial charge in [0.1, 0.15) is 0 Å². The number of rotatable bonds is 4. The van der Waals surface area contributed by atoms with E-state index in [1.807, 2.05) is 11.3 Å². The molecule has 0 amide bonds. The van der Waals surface area contributed by atoms with E-state index in [1.165, 1.54) is 35.8 Å². The van der Waals surface area contributed by atoms with Crippen LogP contribution < -0.4 is 10.6 Å². The summed E-state index contributed by atoms with van der Waals surface area (Å²) in [6.07, 6.45) is 4.97. The van der Waals surface area contributed by atoms with Gasteiger partial charge in [-0.2, -0.15) is 0 Å². The summed E-state index contributed by atoms with van der Waals surface area (Å²) in [4.78, 5) is 3.98. The van der Waals surface area contributed by atoms with Crippen molar-refractivity contribution in [3.63, 3.8) is 0 Å². The van der Waals surface area contributed by atoms with Gasteiger partial charge < -0.3 is 10.6 Å². The van der Waals surface area contributed by atoms with E-state index >= 15 is 0 Å². The van der Waals surface area contributed by atoms with Gasteiger partial charge in [-0.1, -0.05) is 0 Å². The molecular weight excluding hydrogens is 192 g/mol. The first-order chi connectivity index (χ1) is 6.90. The standard InChI is InChI=1S/C11H18N2S/c12-7-3-4-10-5-6-11(14-10)13-8-1-2-9-13/h5-6H,1-4,7-9,12H2. The van der Waals surface area contributed by atoms with Crippen LogP contribution in [0.2, 0.25) is 0 Å². The van der Waals surface area contributed by atoms with Gasteiger partial charge in [0.15, 0.2) is 0 Å². The number of nitrogens with zero attached hydrogens (tertiary/aromatic N) is 1. The Morgan fingerprint density at radius 1 is 1.29 bits per heavy atom. The van der Waals surface area contributed by atoms with Gasteiger partial charge in [-0.15, -0.1) is 11.3 Å². The first kappa shape index (κ1) is 9.99. The predicted molar refractivity (Wildman–Crippen MR) is 63.1 cm³/mol. The van der Waals surface area contributed by atoms with Crippen LogP contribution in [0.1, 0.15) is 24.1 Å². The van der Waals surface area contributed by atoms with Gasteiger partial charge in [0, 0.05) is 18.0 Å². The number of anilines is 1. The average molecular weight is 210 g/mol. The first-order valence-electron chi connectivity index (χ1n) is 5.44. The largest absolute Gasteiger partial charge is 0.363 e. The van der Waals surface area contributed by atoms with Gasteiger partial charge in [0.05, 0.1) is 5.00 Å². The Morgan fingerprint density at radius 3 is 2.79 bits per heavy atom. The van der Waals surface area contributed by atoms with Crippen LogP contribution >= 0.6 is 11.3 Å². The summed E-state index contributed by atoms with van der Waals surface area (Å²) >= 11 is 1.94. The molecule has 0 saturated carbocycles. The minimum absolute atomic E-state index is 0.803. The molecule has 0 unspecified atom stereocenters. The number of thiophene rings is 1. The molecule has 1 aromatic rings. The van der Waals surface area contributed by atoms with E-state index < -0.39 is 0 Å². The third-order valence-electron chi connectivity index (χ3n) is 2.69. The highest BCUT2D eigenvalue weighted by Gasteiger charge is 2.13. The molecule has 0 bridgehead atoms. The normalized spacial score (nSPS) is 16.5. The lowest BCUT2D eigenvalue weighted by Crippen LogP contribution is -2.15. The maximum atomic E-state index is 5.50. The number of aryl methyl sites for hydroxylation is 1. The van der Waals surface area contributed by atoms with E-state index in [1.54, 1.807) is 0 Å². The van der Waals surface area contributed by atoms with E-state index in [2.05, 4.69) is 17.0 Å². The van der Waals surface area contributed by atoms with Crippen molar-refractivity contribution in [3.05, 3.63) is 17.0 Å². The number of hydrogen-bond acceptors (Lipinski definition) is 3. The fraction of sp³-hybridized carbons (Fsp3) is 0.636. The van der Waals surface area contributed by atoms with Crippen LogP contribution in [0.15, 0.2) is 12.1 Å². The van der Waals surface area contributed by atoms with Gasteiger partial charge in [0.25, 0.3) is 0 Å². The zero-order valence-electron chi connectivity index (χ0n) is 8.54. The summed E-state index contributed by atoms with van der Waals surface area (Å²) in [5.41, 5.74) is 5.50. The second kappa shape index (κ2) is 4.80. The lowest BCUT2D eigenvalue weighted by molar-refractivity contribution is 0.843. The van der Waals surface area contributed by atoms with Gasteiger partial charge >= 0.3 is 0 Å². The van der Waals surface area contributed by atoms with Crippen LogP contribution in [0.25, 0.3) is 0 Å². The van der Waals surface area contributed by atoms with Crippen molar-refractivity contribution in [2.75, 3.05) is 24.5 Å². The van der Waals surface area contributed by atoms with Crippen molar-refractivity contribution in [1.29, 1.82) is 0 Å². The second-order valence-corrected chi connectivity index (χ2v) is 4.97. The monoisotopic (exact) mass is 210 g/mol. The van der Waals surface area contributed by atoms with E-state index in [0.29, 0.717) is 0 Å². The molecule has 0 aromatic carbocycles. The molecule has 1 aliphatic heterocycles. The first-order valence-corrected chi connectivity index (χ1v) is 6.25. The maximum absolute atomic E-state index is 5.50. The van der Waals surface area contributed by atoms with Crippen LogP contribution in [0.3, 0.4) is 0 Å². The molecule has 78 valence electrons. The van der Waals surface area contributed by atoms with Crippen molar-refractivity contribution in [2.24, 2.45) is 5.73 Å².